The summed E-state index contributed by atoms with van der Waals surface area (Å²) in [5, 5.41) is 10.3. The second kappa shape index (κ2) is 4.57. The molecule has 1 aliphatic rings. The zero-order chi connectivity index (χ0) is 14.3. The van der Waals surface area contributed by atoms with Crippen LogP contribution in [0.25, 0.3) is 10.8 Å². The van der Waals surface area contributed by atoms with Crippen molar-refractivity contribution >= 4 is 26.8 Å². The van der Waals surface area contributed by atoms with E-state index in [1.165, 1.54) is 4.31 Å². The van der Waals surface area contributed by atoms with Gasteiger partial charge in [-0.15, -0.1) is 0 Å². The highest BCUT2D eigenvalue weighted by Crippen LogP contribution is 2.29. The zero-order valence-electron chi connectivity index (χ0n) is 10.6. The summed E-state index contributed by atoms with van der Waals surface area (Å²) in [5.74, 6) is -1.55. The predicted octanol–water partition coefficient (Wildman–Crippen LogP) is 1.54. The van der Waals surface area contributed by atoms with Gasteiger partial charge in [-0.05, 0) is 11.5 Å². The smallest absolute Gasteiger partial charge is 0.309 e. The van der Waals surface area contributed by atoms with E-state index in [9.17, 15) is 13.2 Å². The van der Waals surface area contributed by atoms with Gasteiger partial charge in [-0.2, -0.15) is 4.31 Å². The molecule has 2 aromatic rings. The van der Waals surface area contributed by atoms with Crippen LogP contribution in [0.3, 0.4) is 0 Å². The molecule has 1 aliphatic heterocycles. The molecule has 0 amide bonds. The van der Waals surface area contributed by atoms with Gasteiger partial charge in [0.25, 0.3) is 0 Å². The van der Waals surface area contributed by atoms with Crippen molar-refractivity contribution in [3.63, 3.8) is 0 Å². The van der Waals surface area contributed by atoms with Crippen LogP contribution in [0.15, 0.2) is 47.4 Å². The number of rotatable bonds is 3. The van der Waals surface area contributed by atoms with Crippen molar-refractivity contribution in [2.45, 2.75) is 4.90 Å². The number of sulfonamides is 1. The Bertz CT molecular complexity index is 773. The van der Waals surface area contributed by atoms with E-state index >= 15 is 0 Å². The number of aliphatic carboxylic acids is 1. The first-order valence-electron chi connectivity index (χ1n) is 6.21. The molecule has 5 nitrogen and oxygen atoms in total. The number of hydrogen-bond acceptors (Lipinski definition) is 3. The molecule has 1 saturated heterocycles. The minimum Gasteiger partial charge on any atom is -0.481 e. The molecule has 0 spiro atoms. The average Bonchev–Trinajstić information content (AvgIpc) is 2.35. The molecule has 20 heavy (non-hydrogen) atoms. The topological polar surface area (TPSA) is 74.7 Å². The van der Waals surface area contributed by atoms with Crippen LogP contribution in [0.5, 0.6) is 0 Å². The number of nitrogens with zero attached hydrogens (tertiary/aromatic N) is 1. The molecular weight excluding hydrogens is 278 g/mol. The first-order chi connectivity index (χ1) is 9.50. The van der Waals surface area contributed by atoms with Gasteiger partial charge in [-0.3, -0.25) is 4.79 Å². The first-order valence-corrected chi connectivity index (χ1v) is 7.65. The summed E-state index contributed by atoms with van der Waals surface area (Å²) in [6.07, 6.45) is 0. The van der Waals surface area contributed by atoms with E-state index in [0.29, 0.717) is 5.39 Å². The molecular formula is C14H13NO4S. The minimum atomic E-state index is -3.63. The number of benzene rings is 2. The molecule has 1 N–H and O–H groups in total. The molecule has 0 saturated carbocycles. The van der Waals surface area contributed by atoms with Gasteiger partial charge in [0.05, 0.1) is 10.8 Å². The molecule has 2 aromatic carbocycles. The van der Waals surface area contributed by atoms with Gasteiger partial charge in [-0.1, -0.05) is 36.4 Å². The first kappa shape index (κ1) is 13.1. The van der Waals surface area contributed by atoms with E-state index in [1.807, 2.05) is 18.2 Å². The lowest BCUT2D eigenvalue weighted by Crippen LogP contribution is -2.52. The normalized spacial score (nSPS) is 17.0. The van der Waals surface area contributed by atoms with Crippen LogP contribution in [0.1, 0.15) is 0 Å². The van der Waals surface area contributed by atoms with Gasteiger partial charge in [0, 0.05) is 18.5 Å². The highest BCUT2D eigenvalue weighted by Gasteiger charge is 2.40. The highest BCUT2D eigenvalue weighted by molar-refractivity contribution is 7.89. The van der Waals surface area contributed by atoms with Crippen LogP contribution in [0, 0.1) is 5.92 Å². The Labute approximate surface area is 116 Å². The van der Waals surface area contributed by atoms with E-state index in [2.05, 4.69) is 0 Å². The lowest BCUT2D eigenvalue weighted by molar-refractivity contribution is -0.145. The summed E-state index contributed by atoms with van der Waals surface area (Å²) >= 11 is 0. The van der Waals surface area contributed by atoms with E-state index in [0.717, 1.165) is 5.39 Å². The summed E-state index contributed by atoms with van der Waals surface area (Å²) in [6.45, 7) is 0.0851. The SMILES string of the molecule is O=C(O)C1CN(S(=O)(=O)c2cccc3ccccc23)C1. The van der Waals surface area contributed by atoms with Crippen molar-refractivity contribution < 1.29 is 18.3 Å². The summed E-state index contributed by atoms with van der Waals surface area (Å²) in [6, 6.07) is 12.4. The number of fused-ring (bicyclic) bond motifs is 1. The molecule has 0 bridgehead atoms. The summed E-state index contributed by atoms with van der Waals surface area (Å²) in [5.41, 5.74) is 0. The Morgan fingerprint density at radius 3 is 2.45 bits per heavy atom. The summed E-state index contributed by atoms with van der Waals surface area (Å²) < 4.78 is 26.3. The fourth-order valence-electron chi connectivity index (χ4n) is 2.35. The average molecular weight is 291 g/mol. The molecule has 6 heteroatoms. The Balaban J connectivity index is 2.01. The van der Waals surface area contributed by atoms with Gasteiger partial charge in [0.15, 0.2) is 0 Å². The fraction of sp³-hybridized carbons (Fsp3) is 0.214. The maximum atomic E-state index is 12.5. The van der Waals surface area contributed by atoms with Crippen LogP contribution in [-0.4, -0.2) is 36.9 Å². The zero-order valence-corrected chi connectivity index (χ0v) is 11.4. The third kappa shape index (κ3) is 1.97. The highest BCUT2D eigenvalue weighted by atomic mass is 32.2. The van der Waals surface area contributed by atoms with Crippen LogP contribution < -0.4 is 0 Å². The number of carboxylic acid groups (broad SMARTS) is 1. The lowest BCUT2D eigenvalue weighted by Gasteiger charge is -2.35. The lowest BCUT2D eigenvalue weighted by atomic mass is 10.0. The van der Waals surface area contributed by atoms with E-state index in [1.54, 1.807) is 24.3 Å². The Morgan fingerprint density at radius 2 is 1.75 bits per heavy atom. The Kier molecular flexibility index (Phi) is 2.99. The van der Waals surface area contributed by atoms with Gasteiger partial charge in [-0.25, -0.2) is 8.42 Å². The van der Waals surface area contributed by atoms with Gasteiger partial charge in [0.1, 0.15) is 0 Å². The van der Waals surface area contributed by atoms with E-state index in [4.69, 9.17) is 5.11 Å². The quantitative estimate of drug-likeness (QED) is 0.931. The minimum absolute atomic E-state index is 0.0425. The van der Waals surface area contributed by atoms with Crippen LogP contribution in [0.4, 0.5) is 0 Å². The maximum Gasteiger partial charge on any atom is 0.309 e. The summed E-state index contributed by atoms with van der Waals surface area (Å²) in [7, 11) is -3.63. The third-order valence-corrected chi connectivity index (χ3v) is 5.45. The number of carboxylic acids is 1. The molecule has 0 aromatic heterocycles. The van der Waals surface area contributed by atoms with Gasteiger partial charge in [0.2, 0.25) is 10.0 Å². The van der Waals surface area contributed by atoms with Gasteiger partial charge >= 0.3 is 5.97 Å². The van der Waals surface area contributed by atoms with Crippen molar-refractivity contribution in [1.29, 1.82) is 0 Å². The standard InChI is InChI=1S/C14H13NO4S/c16-14(17)11-8-15(9-11)20(18,19)13-7-3-5-10-4-1-2-6-12(10)13/h1-7,11H,8-9H2,(H,16,17). The second-order valence-electron chi connectivity index (χ2n) is 4.83. The molecule has 3 rings (SSSR count). The third-order valence-electron chi connectivity index (χ3n) is 3.56. The van der Waals surface area contributed by atoms with Gasteiger partial charge < -0.3 is 5.11 Å². The Hall–Kier alpha value is -1.92. The van der Waals surface area contributed by atoms with E-state index < -0.39 is 21.9 Å². The fourth-order valence-corrected chi connectivity index (χ4v) is 4.10. The van der Waals surface area contributed by atoms with Crippen LogP contribution >= 0.6 is 0 Å². The Morgan fingerprint density at radius 1 is 1.10 bits per heavy atom. The number of hydrogen-bond donors (Lipinski definition) is 1. The maximum absolute atomic E-state index is 12.5. The molecule has 104 valence electrons. The van der Waals surface area contributed by atoms with Crippen molar-refractivity contribution in [3.8, 4) is 0 Å². The largest absolute Gasteiger partial charge is 0.481 e. The molecule has 0 atom stereocenters. The van der Waals surface area contributed by atoms with Crippen LogP contribution in [0.2, 0.25) is 0 Å². The molecule has 0 radical (unpaired) electrons. The van der Waals surface area contributed by atoms with Crippen molar-refractivity contribution in [3.05, 3.63) is 42.5 Å². The van der Waals surface area contributed by atoms with Crippen molar-refractivity contribution in [2.24, 2.45) is 5.92 Å². The van der Waals surface area contributed by atoms with Crippen molar-refractivity contribution in [2.75, 3.05) is 13.1 Å². The van der Waals surface area contributed by atoms with Crippen molar-refractivity contribution in [1.82, 2.24) is 4.31 Å². The molecule has 1 fully saturated rings. The molecule has 0 aliphatic carbocycles. The van der Waals surface area contributed by atoms with E-state index in [-0.39, 0.29) is 18.0 Å². The number of carbonyl (C=O) groups is 1. The monoisotopic (exact) mass is 291 g/mol. The van der Waals surface area contributed by atoms with Crippen LogP contribution in [-0.2, 0) is 14.8 Å². The predicted molar refractivity (Wildman–Crippen MR) is 73.8 cm³/mol. The second-order valence-corrected chi connectivity index (χ2v) is 6.74. The summed E-state index contributed by atoms with van der Waals surface area (Å²) in [4.78, 5) is 11.0. The molecule has 0 unspecified atom stereocenters. The molecule has 1 heterocycles.